The number of rotatable bonds is 5. The zero-order valence-corrected chi connectivity index (χ0v) is 18.6. The maximum absolute atomic E-state index is 11.6. The number of phenolic OH excluding ortho intramolecular Hbond substituents is 1. The molecule has 0 aliphatic carbocycles. The summed E-state index contributed by atoms with van der Waals surface area (Å²) in [5.41, 5.74) is 1.42. The van der Waals surface area contributed by atoms with Gasteiger partial charge >= 0.3 is 5.97 Å². The summed E-state index contributed by atoms with van der Waals surface area (Å²) in [4.78, 5) is 16.0. The van der Waals surface area contributed by atoms with Crippen LogP contribution in [-0.2, 0) is 4.79 Å². The Labute approximate surface area is 185 Å². The first kappa shape index (κ1) is 20.2. The number of carboxylic acids is 1. The molecule has 0 saturated carbocycles. The lowest BCUT2D eigenvalue weighted by Gasteiger charge is -2.04. The fourth-order valence-corrected chi connectivity index (χ4v) is 4.41. The molecule has 138 valence electrons. The van der Waals surface area contributed by atoms with E-state index in [2.05, 4.69) is 31.1 Å². The van der Waals surface area contributed by atoms with Gasteiger partial charge in [-0.05, 0) is 98.3 Å². The summed E-state index contributed by atoms with van der Waals surface area (Å²) in [6.07, 6.45) is 1.50. The lowest BCUT2D eigenvalue weighted by Crippen LogP contribution is -1.97. The quantitative estimate of drug-likeness (QED) is 0.213. The van der Waals surface area contributed by atoms with Crippen LogP contribution in [0.4, 0.5) is 0 Å². The first-order chi connectivity index (χ1) is 12.8. The molecule has 10 heteroatoms. The number of thioether (sulfide) groups is 1. The van der Waals surface area contributed by atoms with Crippen LogP contribution in [0.15, 0.2) is 50.9 Å². The zero-order valence-electron chi connectivity index (χ0n) is 13.3. The molecule has 0 unspecified atom stereocenters. The minimum absolute atomic E-state index is 0.0463. The highest BCUT2D eigenvalue weighted by Crippen LogP contribution is 2.33. The summed E-state index contributed by atoms with van der Waals surface area (Å²) >= 11 is 12.0. The van der Waals surface area contributed by atoms with Gasteiger partial charge in [0.1, 0.15) is 10.7 Å². The van der Waals surface area contributed by atoms with Crippen LogP contribution < -0.4 is 0 Å². The van der Waals surface area contributed by atoms with Crippen molar-refractivity contribution in [3.05, 3.63) is 59.9 Å². The Morgan fingerprint density at radius 1 is 1.30 bits per heavy atom. The van der Waals surface area contributed by atoms with E-state index in [0.717, 1.165) is 17.3 Å². The molecule has 3 rings (SSSR count). The number of benzene rings is 2. The normalized spacial score (nSPS) is 11.6. The van der Waals surface area contributed by atoms with Gasteiger partial charge in [0.25, 0.3) is 0 Å². The van der Waals surface area contributed by atoms with Crippen LogP contribution in [0.1, 0.15) is 5.56 Å². The number of aromatic hydroxyl groups is 1. The van der Waals surface area contributed by atoms with Crippen LogP contribution in [0, 0.1) is 3.57 Å². The van der Waals surface area contributed by atoms with E-state index in [1.165, 1.54) is 6.08 Å². The van der Waals surface area contributed by atoms with Gasteiger partial charge in [0, 0.05) is 10.6 Å². The number of aromatic nitrogens is 3. The molecule has 0 radical (unpaired) electrons. The molecular weight excluding hydrogens is 569 g/mol. The number of H-pyrrole nitrogens is 1. The average molecular weight is 579 g/mol. The van der Waals surface area contributed by atoms with E-state index in [4.69, 9.17) is 11.6 Å². The third-order valence-corrected chi connectivity index (χ3v) is 5.89. The number of hydrogen-bond donors (Lipinski definition) is 3. The lowest BCUT2D eigenvalue weighted by atomic mass is 10.2. The van der Waals surface area contributed by atoms with Crippen molar-refractivity contribution in [3.8, 4) is 17.1 Å². The largest absolute Gasteiger partial charge is 0.506 e. The summed E-state index contributed by atoms with van der Waals surface area (Å²) in [5, 5.41) is 27.1. The topological polar surface area (TPSA) is 99.1 Å². The molecule has 0 spiro atoms. The Morgan fingerprint density at radius 2 is 2.00 bits per heavy atom. The molecule has 1 heterocycles. The molecular formula is C17H10BrClIN3O3S. The van der Waals surface area contributed by atoms with Gasteiger partial charge in [0.05, 0.1) is 8.04 Å². The zero-order chi connectivity index (χ0) is 19.6. The van der Waals surface area contributed by atoms with Crippen LogP contribution in [0.25, 0.3) is 17.5 Å². The molecule has 27 heavy (non-hydrogen) atoms. The van der Waals surface area contributed by atoms with E-state index in [9.17, 15) is 15.0 Å². The van der Waals surface area contributed by atoms with Gasteiger partial charge in [-0.15, -0.1) is 5.10 Å². The molecule has 6 nitrogen and oxygen atoms in total. The van der Waals surface area contributed by atoms with Crippen LogP contribution >= 0.6 is 61.9 Å². The highest BCUT2D eigenvalue weighted by atomic mass is 127. The van der Waals surface area contributed by atoms with Gasteiger partial charge in [0.2, 0.25) is 5.16 Å². The second-order valence-corrected chi connectivity index (χ2v) is 8.68. The van der Waals surface area contributed by atoms with Crippen molar-refractivity contribution in [1.29, 1.82) is 0 Å². The maximum atomic E-state index is 11.6. The van der Waals surface area contributed by atoms with Gasteiger partial charge in [-0.1, -0.05) is 11.6 Å². The predicted octanol–water partition coefficient (Wildman–Crippen LogP) is 5.42. The third-order valence-electron chi connectivity index (χ3n) is 3.33. The fraction of sp³-hybridized carbons (Fsp3) is 0. The van der Waals surface area contributed by atoms with Crippen molar-refractivity contribution < 1.29 is 15.0 Å². The van der Waals surface area contributed by atoms with E-state index in [0.29, 0.717) is 24.5 Å². The summed E-state index contributed by atoms with van der Waals surface area (Å²) in [6.45, 7) is 0. The van der Waals surface area contributed by atoms with Crippen molar-refractivity contribution >= 4 is 73.9 Å². The number of carbonyl (C=O) groups is 1. The highest BCUT2D eigenvalue weighted by molar-refractivity contribution is 14.1. The van der Waals surface area contributed by atoms with Crippen LogP contribution in [0.3, 0.4) is 0 Å². The molecule has 0 amide bonds. The van der Waals surface area contributed by atoms with Gasteiger partial charge < -0.3 is 10.2 Å². The van der Waals surface area contributed by atoms with Gasteiger partial charge in [-0.3, -0.25) is 5.10 Å². The van der Waals surface area contributed by atoms with Crippen LogP contribution in [0.5, 0.6) is 5.75 Å². The smallest absolute Gasteiger partial charge is 0.342 e. The molecule has 3 N–H and O–H groups in total. The van der Waals surface area contributed by atoms with Crippen LogP contribution in [-0.4, -0.2) is 31.4 Å². The van der Waals surface area contributed by atoms with Gasteiger partial charge in [-0.25, -0.2) is 9.78 Å². The van der Waals surface area contributed by atoms with Crippen molar-refractivity contribution in [3.63, 3.8) is 0 Å². The summed E-state index contributed by atoms with van der Waals surface area (Å²) < 4.78 is 1.09. The molecule has 0 saturated heterocycles. The van der Waals surface area contributed by atoms with Crippen molar-refractivity contribution in [1.82, 2.24) is 15.2 Å². The number of aliphatic carboxylic acids is 1. The minimum Gasteiger partial charge on any atom is -0.506 e. The molecule has 0 fully saturated rings. The minimum atomic E-state index is -1.10. The number of nitrogens with zero attached hydrogens (tertiary/aromatic N) is 2. The third kappa shape index (κ3) is 5.03. The van der Waals surface area contributed by atoms with Crippen molar-refractivity contribution in [2.45, 2.75) is 5.16 Å². The average Bonchev–Trinajstić information content (AvgIpc) is 3.08. The Morgan fingerprint density at radius 3 is 2.63 bits per heavy atom. The van der Waals surface area contributed by atoms with E-state index in [1.807, 2.05) is 22.6 Å². The molecule has 0 atom stereocenters. The number of carboxylic acid groups (broad SMARTS) is 1. The Hall–Kier alpha value is -1.56. The summed E-state index contributed by atoms with van der Waals surface area (Å²) in [7, 11) is 0. The van der Waals surface area contributed by atoms with Gasteiger partial charge in [0.15, 0.2) is 5.82 Å². The van der Waals surface area contributed by atoms with E-state index >= 15 is 0 Å². The Balaban J connectivity index is 1.87. The Kier molecular flexibility index (Phi) is 6.45. The maximum Gasteiger partial charge on any atom is 0.342 e. The van der Waals surface area contributed by atoms with E-state index in [1.54, 1.807) is 36.4 Å². The first-order valence-electron chi connectivity index (χ1n) is 7.32. The van der Waals surface area contributed by atoms with E-state index < -0.39 is 5.97 Å². The van der Waals surface area contributed by atoms with Crippen molar-refractivity contribution in [2.75, 3.05) is 0 Å². The monoisotopic (exact) mass is 577 g/mol. The second-order valence-electron chi connectivity index (χ2n) is 5.22. The summed E-state index contributed by atoms with van der Waals surface area (Å²) in [6, 6.07) is 10.4. The number of aromatic amines is 1. The number of halogens is 3. The fourth-order valence-electron chi connectivity index (χ4n) is 2.08. The summed E-state index contributed by atoms with van der Waals surface area (Å²) in [5.74, 6) is -0.475. The molecule has 0 aliphatic rings. The second kappa shape index (κ2) is 8.63. The molecule has 2 aromatic carbocycles. The number of hydrogen-bond acceptors (Lipinski definition) is 5. The predicted molar refractivity (Wildman–Crippen MR) is 117 cm³/mol. The standard InChI is InChI=1S/C17H10BrClIN3O3S/c18-11-5-8(6-12(20)14(11)24)7-13(16(25)26)27-17-21-15(22-23-17)9-1-3-10(19)4-2-9/h1-7,24H,(H,25,26)(H,21,22,23)/b13-7-. The molecule has 0 aliphatic heterocycles. The number of phenols is 1. The number of nitrogens with one attached hydrogen (secondary N) is 1. The van der Waals surface area contributed by atoms with E-state index in [-0.39, 0.29) is 15.8 Å². The first-order valence-corrected chi connectivity index (χ1v) is 10.4. The van der Waals surface area contributed by atoms with Crippen molar-refractivity contribution in [2.24, 2.45) is 0 Å². The SMILES string of the molecule is O=C(O)/C(=C/c1cc(Br)c(O)c(I)c1)Sc1n[nH]c(-c2ccc(Cl)cc2)n1. The molecule has 3 aromatic rings. The Bertz CT molecular complexity index is 1020. The van der Waals surface area contributed by atoms with Gasteiger partial charge in [-0.2, -0.15) is 0 Å². The highest BCUT2D eigenvalue weighted by Gasteiger charge is 2.15. The molecule has 0 bridgehead atoms. The lowest BCUT2D eigenvalue weighted by molar-refractivity contribution is -0.131. The van der Waals surface area contributed by atoms with Crippen LogP contribution in [0.2, 0.25) is 5.02 Å². The molecule has 1 aromatic heterocycles.